The number of anilines is 1. The first kappa shape index (κ1) is 11.7. The average Bonchev–Trinajstić information content (AvgIpc) is 2.39. The van der Waals surface area contributed by atoms with Crippen LogP contribution in [0, 0.1) is 0 Å². The molecule has 0 radical (unpaired) electrons. The summed E-state index contributed by atoms with van der Waals surface area (Å²) in [6.45, 7) is 1.67. The van der Waals surface area contributed by atoms with E-state index in [9.17, 15) is 4.79 Å². The summed E-state index contributed by atoms with van der Waals surface area (Å²) in [7, 11) is 0. The van der Waals surface area contributed by atoms with Crippen molar-refractivity contribution < 1.29 is 9.53 Å². The molecule has 0 bridgehead atoms. The molecule has 1 amide bonds. The molecular formula is C10H15N5O2. The molecule has 7 nitrogen and oxygen atoms in total. The SMILES string of the molecule is NCc1ccnc(N2CCOCC2C(N)=O)n1. The van der Waals surface area contributed by atoms with Gasteiger partial charge in [-0.15, -0.1) is 0 Å². The van der Waals surface area contributed by atoms with Crippen LogP contribution in [-0.4, -0.2) is 41.7 Å². The predicted octanol–water partition coefficient (Wildman–Crippen LogP) is -1.37. The van der Waals surface area contributed by atoms with Gasteiger partial charge in [-0.1, -0.05) is 0 Å². The molecule has 1 aromatic rings. The fraction of sp³-hybridized carbons (Fsp3) is 0.500. The Kier molecular flexibility index (Phi) is 3.50. The molecule has 1 fully saturated rings. The Hall–Kier alpha value is -1.73. The minimum atomic E-state index is -0.517. The van der Waals surface area contributed by atoms with Crippen molar-refractivity contribution >= 4 is 11.9 Å². The lowest BCUT2D eigenvalue weighted by Crippen LogP contribution is -2.53. The lowest BCUT2D eigenvalue weighted by Gasteiger charge is -2.33. The summed E-state index contributed by atoms with van der Waals surface area (Å²) in [5.41, 5.74) is 11.6. The van der Waals surface area contributed by atoms with Crippen LogP contribution in [0.3, 0.4) is 0 Å². The second kappa shape index (κ2) is 5.07. The lowest BCUT2D eigenvalue weighted by molar-refractivity contribution is -0.121. The zero-order valence-corrected chi connectivity index (χ0v) is 9.37. The van der Waals surface area contributed by atoms with Gasteiger partial charge in [0.15, 0.2) is 0 Å². The molecule has 4 N–H and O–H groups in total. The standard InChI is InChI=1S/C10H15N5O2/c11-5-7-1-2-13-10(14-7)15-3-4-17-6-8(15)9(12)16/h1-2,8H,3-6,11H2,(H2,12,16). The van der Waals surface area contributed by atoms with Crippen LogP contribution >= 0.6 is 0 Å². The smallest absolute Gasteiger partial charge is 0.242 e. The molecule has 17 heavy (non-hydrogen) atoms. The molecule has 0 aliphatic carbocycles. The Balaban J connectivity index is 2.26. The zero-order valence-electron chi connectivity index (χ0n) is 9.37. The predicted molar refractivity (Wildman–Crippen MR) is 61.1 cm³/mol. The van der Waals surface area contributed by atoms with Gasteiger partial charge in [0.1, 0.15) is 6.04 Å². The van der Waals surface area contributed by atoms with Crippen molar-refractivity contribution in [3.05, 3.63) is 18.0 Å². The van der Waals surface area contributed by atoms with E-state index in [4.69, 9.17) is 16.2 Å². The van der Waals surface area contributed by atoms with E-state index < -0.39 is 11.9 Å². The van der Waals surface area contributed by atoms with E-state index in [1.807, 2.05) is 0 Å². The second-order valence-corrected chi connectivity index (χ2v) is 3.74. The summed E-state index contributed by atoms with van der Waals surface area (Å²) in [4.78, 5) is 21.5. The van der Waals surface area contributed by atoms with E-state index in [0.717, 1.165) is 5.69 Å². The minimum Gasteiger partial charge on any atom is -0.377 e. The number of rotatable bonds is 3. The molecule has 7 heteroatoms. The van der Waals surface area contributed by atoms with Crippen molar-refractivity contribution in [1.29, 1.82) is 0 Å². The van der Waals surface area contributed by atoms with E-state index in [1.54, 1.807) is 17.2 Å². The van der Waals surface area contributed by atoms with Gasteiger partial charge in [-0.25, -0.2) is 9.97 Å². The first-order valence-corrected chi connectivity index (χ1v) is 5.38. The van der Waals surface area contributed by atoms with Gasteiger partial charge in [0.2, 0.25) is 11.9 Å². The van der Waals surface area contributed by atoms with Gasteiger partial charge in [-0.05, 0) is 6.07 Å². The minimum absolute atomic E-state index is 0.269. The number of ether oxygens (including phenoxy) is 1. The normalized spacial score (nSPS) is 20.3. The summed E-state index contributed by atoms with van der Waals surface area (Å²) in [5, 5.41) is 0. The van der Waals surface area contributed by atoms with Gasteiger partial charge in [-0.3, -0.25) is 4.79 Å². The van der Waals surface area contributed by atoms with E-state index in [2.05, 4.69) is 9.97 Å². The topological polar surface area (TPSA) is 107 Å². The van der Waals surface area contributed by atoms with Crippen molar-refractivity contribution in [2.75, 3.05) is 24.7 Å². The number of hydrogen-bond donors (Lipinski definition) is 2. The number of hydrogen-bond acceptors (Lipinski definition) is 6. The van der Waals surface area contributed by atoms with E-state index in [0.29, 0.717) is 25.6 Å². The number of carbonyl (C=O) groups is 1. The van der Waals surface area contributed by atoms with Gasteiger partial charge < -0.3 is 21.1 Å². The first-order chi connectivity index (χ1) is 8.22. The van der Waals surface area contributed by atoms with Gasteiger partial charge >= 0.3 is 0 Å². The highest BCUT2D eigenvalue weighted by Crippen LogP contribution is 2.14. The number of aromatic nitrogens is 2. The molecular weight excluding hydrogens is 222 g/mol. The largest absolute Gasteiger partial charge is 0.377 e. The van der Waals surface area contributed by atoms with E-state index in [1.165, 1.54) is 0 Å². The molecule has 1 atom stereocenters. The third kappa shape index (κ3) is 2.51. The summed E-state index contributed by atoms with van der Waals surface area (Å²) in [6.07, 6.45) is 1.62. The van der Waals surface area contributed by atoms with Crippen molar-refractivity contribution in [3.8, 4) is 0 Å². The number of primary amides is 1. The fourth-order valence-corrected chi connectivity index (χ4v) is 1.72. The Morgan fingerprint density at radius 1 is 1.65 bits per heavy atom. The lowest BCUT2D eigenvalue weighted by atomic mass is 10.2. The van der Waals surface area contributed by atoms with Crippen molar-refractivity contribution in [3.63, 3.8) is 0 Å². The van der Waals surface area contributed by atoms with E-state index in [-0.39, 0.29) is 6.61 Å². The van der Waals surface area contributed by atoms with Crippen molar-refractivity contribution in [2.24, 2.45) is 11.5 Å². The monoisotopic (exact) mass is 237 g/mol. The fourth-order valence-electron chi connectivity index (χ4n) is 1.72. The maximum Gasteiger partial charge on any atom is 0.242 e. The van der Waals surface area contributed by atoms with Crippen LogP contribution < -0.4 is 16.4 Å². The molecule has 1 saturated heterocycles. The Morgan fingerprint density at radius 3 is 3.18 bits per heavy atom. The van der Waals surface area contributed by atoms with Crippen LogP contribution in [0.15, 0.2) is 12.3 Å². The van der Waals surface area contributed by atoms with Crippen LogP contribution in [0.25, 0.3) is 0 Å². The van der Waals surface area contributed by atoms with Gasteiger partial charge in [0.25, 0.3) is 0 Å². The Morgan fingerprint density at radius 2 is 2.47 bits per heavy atom. The van der Waals surface area contributed by atoms with Gasteiger partial charge in [0.05, 0.1) is 18.9 Å². The van der Waals surface area contributed by atoms with Gasteiger partial charge in [-0.2, -0.15) is 0 Å². The molecule has 2 heterocycles. The van der Waals surface area contributed by atoms with Crippen LogP contribution in [0.4, 0.5) is 5.95 Å². The van der Waals surface area contributed by atoms with E-state index >= 15 is 0 Å². The highest BCUT2D eigenvalue weighted by molar-refractivity contribution is 5.83. The van der Waals surface area contributed by atoms with Crippen LogP contribution in [0.1, 0.15) is 5.69 Å². The molecule has 0 spiro atoms. The molecule has 1 aliphatic heterocycles. The quantitative estimate of drug-likeness (QED) is 0.671. The Labute approximate surface area is 98.8 Å². The number of amides is 1. The molecule has 1 aromatic heterocycles. The number of carbonyl (C=O) groups excluding carboxylic acids is 1. The Bertz CT molecular complexity index is 411. The summed E-state index contributed by atoms with van der Waals surface area (Å²) in [6, 6.07) is 1.22. The third-order valence-electron chi connectivity index (χ3n) is 2.62. The number of morpholine rings is 1. The van der Waals surface area contributed by atoms with Gasteiger partial charge in [0, 0.05) is 19.3 Å². The first-order valence-electron chi connectivity index (χ1n) is 5.38. The highest BCUT2D eigenvalue weighted by atomic mass is 16.5. The third-order valence-corrected chi connectivity index (χ3v) is 2.62. The maximum atomic E-state index is 11.3. The van der Waals surface area contributed by atoms with Crippen molar-refractivity contribution in [1.82, 2.24) is 9.97 Å². The van der Waals surface area contributed by atoms with Crippen LogP contribution in [-0.2, 0) is 16.1 Å². The zero-order chi connectivity index (χ0) is 12.3. The summed E-state index contributed by atoms with van der Waals surface area (Å²) >= 11 is 0. The summed E-state index contributed by atoms with van der Waals surface area (Å²) < 4.78 is 5.23. The number of nitrogens with zero attached hydrogens (tertiary/aromatic N) is 3. The molecule has 1 unspecified atom stereocenters. The average molecular weight is 237 g/mol. The number of nitrogens with two attached hydrogens (primary N) is 2. The summed E-state index contributed by atoms with van der Waals surface area (Å²) in [5.74, 6) is 0.0338. The highest BCUT2D eigenvalue weighted by Gasteiger charge is 2.29. The molecule has 92 valence electrons. The maximum absolute atomic E-state index is 11.3. The van der Waals surface area contributed by atoms with Crippen LogP contribution in [0.2, 0.25) is 0 Å². The van der Waals surface area contributed by atoms with Crippen molar-refractivity contribution in [2.45, 2.75) is 12.6 Å². The molecule has 2 rings (SSSR count). The van der Waals surface area contributed by atoms with Crippen LogP contribution in [0.5, 0.6) is 0 Å². The second-order valence-electron chi connectivity index (χ2n) is 3.74. The molecule has 0 saturated carbocycles. The molecule has 0 aromatic carbocycles. The molecule has 1 aliphatic rings.